The number of likely N-dealkylation sites (tertiary alicyclic amines) is 1. The van der Waals surface area contributed by atoms with Crippen LogP contribution in [0.1, 0.15) is 71.9 Å². The van der Waals surface area contributed by atoms with Gasteiger partial charge in [0.15, 0.2) is 0 Å². The van der Waals surface area contributed by atoms with Gasteiger partial charge in [-0.3, -0.25) is 9.69 Å². The number of piperidine rings is 1. The van der Waals surface area contributed by atoms with Crippen LogP contribution in [-0.2, 0) is 22.6 Å². The van der Waals surface area contributed by atoms with E-state index >= 15 is 4.39 Å². The quantitative estimate of drug-likeness (QED) is 0.351. The van der Waals surface area contributed by atoms with E-state index in [2.05, 4.69) is 14.9 Å². The van der Waals surface area contributed by atoms with Gasteiger partial charge in [0.1, 0.15) is 11.6 Å². The van der Waals surface area contributed by atoms with Crippen LogP contribution in [0.4, 0.5) is 4.39 Å². The zero-order valence-electron chi connectivity index (χ0n) is 24.1. The van der Waals surface area contributed by atoms with Gasteiger partial charge >= 0.3 is 0 Å². The lowest BCUT2D eigenvalue weighted by Gasteiger charge is -2.45. The van der Waals surface area contributed by atoms with Gasteiger partial charge in [-0.2, -0.15) is 0 Å². The maximum Gasteiger partial charge on any atom is 0.257 e. The molecule has 2 aromatic carbocycles. The van der Waals surface area contributed by atoms with E-state index in [9.17, 15) is 15.0 Å². The number of benzene rings is 2. The lowest BCUT2D eigenvalue weighted by molar-refractivity contribution is -0.191. The molecule has 2 fully saturated rings. The van der Waals surface area contributed by atoms with Crippen LogP contribution in [0.5, 0.6) is 0 Å². The summed E-state index contributed by atoms with van der Waals surface area (Å²) >= 11 is 12.3. The number of aromatic nitrogens is 2. The zero-order valence-corrected chi connectivity index (χ0v) is 25.7. The summed E-state index contributed by atoms with van der Waals surface area (Å²) in [6, 6.07) is 9.75. The Morgan fingerprint density at radius 3 is 2.35 bits per heavy atom. The number of amides is 1. The first-order valence-corrected chi connectivity index (χ1v) is 15.5. The predicted molar refractivity (Wildman–Crippen MR) is 160 cm³/mol. The molecule has 0 bridgehead atoms. The summed E-state index contributed by atoms with van der Waals surface area (Å²) < 4.78 is 23.5. The lowest BCUT2D eigenvalue weighted by Crippen LogP contribution is -2.52. The molecule has 2 N–H and O–H groups in total. The molecule has 3 aromatic rings. The number of aliphatic hydroxyl groups excluding tert-OH is 1. The molecule has 228 valence electrons. The fourth-order valence-electron chi connectivity index (χ4n) is 6.79. The minimum Gasteiger partial charge on any atom is -0.393 e. The second kappa shape index (κ2) is 11.7. The molecule has 11 heteroatoms. The maximum atomic E-state index is 16.8. The molecule has 2 aliphatic heterocycles. The van der Waals surface area contributed by atoms with Crippen molar-refractivity contribution in [2.75, 3.05) is 20.1 Å². The number of nitrogens with zero attached hydrogens (tertiary/aromatic N) is 4. The Labute approximate surface area is 260 Å². The molecule has 1 saturated heterocycles. The summed E-state index contributed by atoms with van der Waals surface area (Å²) in [7, 11) is 2.05. The highest BCUT2D eigenvalue weighted by molar-refractivity contribution is 6.30. The summed E-state index contributed by atoms with van der Waals surface area (Å²) in [5.74, 6) is -0.936. The van der Waals surface area contributed by atoms with Crippen molar-refractivity contribution in [3.63, 3.8) is 0 Å². The van der Waals surface area contributed by atoms with Crippen molar-refractivity contribution in [1.29, 1.82) is 0 Å². The van der Waals surface area contributed by atoms with E-state index in [0.717, 1.165) is 25.9 Å². The predicted octanol–water partition coefficient (Wildman–Crippen LogP) is 5.26. The summed E-state index contributed by atoms with van der Waals surface area (Å²) in [5.41, 5.74) is -1.98. The zero-order chi connectivity index (χ0) is 30.5. The number of rotatable bonds is 8. The molecule has 3 aliphatic rings. The van der Waals surface area contributed by atoms with Gasteiger partial charge < -0.3 is 19.8 Å². The van der Waals surface area contributed by atoms with Crippen LogP contribution < -0.4 is 0 Å². The second-order valence-corrected chi connectivity index (χ2v) is 12.8. The third-order valence-electron chi connectivity index (χ3n) is 9.33. The van der Waals surface area contributed by atoms with E-state index in [1.54, 1.807) is 30.3 Å². The molecule has 2 atom stereocenters. The molecule has 43 heavy (non-hydrogen) atoms. The van der Waals surface area contributed by atoms with Gasteiger partial charge in [-0.25, -0.2) is 14.4 Å². The van der Waals surface area contributed by atoms with Crippen LogP contribution in [0, 0.1) is 11.7 Å². The van der Waals surface area contributed by atoms with Gasteiger partial charge in [-0.05, 0) is 88.0 Å². The van der Waals surface area contributed by atoms with E-state index in [-0.39, 0.29) is 29.4 Å². The Balaban J connectivity index is 1.53. The molecule has 1 amide bonds. The average Bonchev–Trinajstić information content (AvgIpc) is 3.21. The van der Waals surface area contributed by atoms with Gasteiger partial charge in [0, 0.05) is 23.0 Å². The molecule has 6 rings (SSSR count). The normalized spacial score (nSPS) is 25.8. The minimum atomic E-state index is -1.70. The number of hydrogen-bond acceptors (Lipinski definition) is 7. The van der Waals surface area contributed by atoms with Crippen LogP contribution in [-0.4, -0.2) is 68.2 Å². The fourth-order valence-corrected chi connectivity index (χ4v) is 7.02. The number of fused-ring (bicyclic) bond motifs is 1. The Bertz CT molecular complexity index is 1500. The highest BCUT2D eigenvalue weighted by atomic mass is 35.5. The van der Waals surface area contributed by atoms with Gasteiger partial charge in [-0.15, -0.1) is 0 Å². The summed E-state index contributed by atoms with van der Waals surface area (Å²) in [5, 5.41) is 23.0. The van der Waals surface area contributed by atoms with E-state index in [4.69, 9.17) is 27.9 Å². The molecule has 1 unspecified atom stereocenters. The first kappa shape index (κ1) is 30.4. The smallest absolute Gasteiger partial charge is 0.257 e. The molecule has 8 nitrogen and oxygen atoms in total. The van der Waals surface area contributed by atoms with Gasteiger partial charge in [0.25, 0.3) is 5.91 Å². The van der Waals surface area contributed by atoms with Crippen LogP contribution in [0.2, 0.25) is 10.0 Å². The highest BCUT2D eigenvalue weighted by Crippen LogP contribution is 2.51. The molecule has 1 aromatic heterocycles. The van der Waals surface area contributed by atoms with E-state index in [1.165, 1.54) is 23.4 Å². The van der Waals surface area contributed by atoms with Crippen LogP contribution in [0.3, 0.4) is 0 Å². The number of carbonyl (C=O) groups excluding carboxylic acids is 1. The lowest BCUT2D eigenvalue weighted by atomic mass is 9.73. The third-order valence-corrected chi connectivity index (χ3v) is 9.78. The average molecular weight is 630 g/mol. The van der Waals surface area contributed by atoms with Crippen molar-refractivity contribution in [3.8, 4) is 0 Å². The Morgan fingerprint density at radius 2 is 1.74 bits per heavy atom. The SMILES string of the molecule is CCC(O)(c1cc(F)c2c(c1)C(=O)N(Cc1ncc(Cl)cn1)[C@@]2(OC1CC(O)C1)c1ccc(Cl)cc1)C1CCN(C)CC1. The monoisotopic (exact) mass is 628 g/mol. The third kappa shape index (κ3) is 5.34. The summed E-state index contributed by atoms with van der Waals surface area (Å²) in [4.78, 5) is 26.7. The number of carbonyl (C=O) groups is 1. The van der Waals surface area contributed by atoms with Crippen LogP contribution >= 0.6 is 23.2 Å². The highest BCUT2D eigenvalue weighted by Gasteiger charge is 2.57. The molecule has 3 heterocycles. The van der Waals surface area contributed by atoms with Crippen molar-refractivity contribution in [1.82, 2.24) is 19.8 Å². The fraction of sp³-hybridized carbons (Fsp3) is 0.469. The largest absolute Gasteiger partial charge is 0.393 e. The number of hydrogen-bond donors (Lipinski definition) is 2. The maximum absolute atomic E-state index is 16.8. The first-order chi connectivity index (χ1) is 20.5. The Morgan fingerprint density at radius 1 is 1.09 bits per heavy atom. The minimum absolute atomic E-state index is 0.0563. The van der Waals surface area contributed by atoms with E-state index in [1.807, 2.05) is 14.0 Å². The van der Waals surface area contributed by atoms with E-state index < -0.39 is 35.3 Å². The van der Waals surface area contributed by atoms with Crippen molar-refractivity contribution in [3.05, 3.63) is 92.7 Å². The van der Waals surface area contributed by atoms with Crippen LogP contribution in [0.15, 0.2) is 48.8 Å². The van der Waals surface area contributed by atoms with Crippen molar-refractivity contribution in [2.45, 2.75) is 69.1 Å². The number of aliphatic hydroxyl groups is 2. The second-order valence-electron chi connectivity index (χ2n) is 12.0. The molecular formula is C32H35Cl2FN4O4. The Kier molecular flexibility index (Phi) is 8.25. The molecule has 1 saturated carbocycles. The topological polar surface area (TPSA) is 99.0 Å². The van der Waals surface area contributed by atoms with Gasteiger partial charge in [0.2, 0.25) is 5.72 Å². The molecule has 0 radical (unpaired) electrons. The first-order valence-electron chi connectivity index (χ1n) is 14.7. The summed E-state index contributed by atoms with van der Waals surface area (Å²) in [6.07, 6.45) is 4.46. The van der Waals surface area contributed by atoms with Crippen molar-refractivity contribution >= 4 is 29.1 Å². The van der Waals surface area contributed by atoms with E-state index in [0.29, 0.717) is 40.4 Å². The Hall–Kier alpha value is -2.66. The molecular weight excluding hydrogens is 594 g/mol. The van der Waals surface area contributed by atoms with Gasteiger partial charge in [-0.1, -0.05) is 42.3 Å². The molecule has 0 spiro atoms. The van der Waals surface area contributed by atoms with Crippen molar-refractivity contribution < 1.29 is 24.1 Å². The number of ether oxygens (including phenoxy) is 1. The van der Waals surface area contributed by atoms with Crippen LogP contribution in [0.25, 0.3) is 0 Å². The summed E-state index contributed by atoms with van der Waals surface area (Å²) in [6.45, 7) is 3.44. The number of halogens is 3. The van der Waals surface area contributed by atoms with Gasteiger partial charge in [0.05, 0.1) is 40.5 Å². The van der Waals surface area contributed by atoms with Crippen molar-refractivity contribution in [2.24, 2.45) is 5.92 Å². The standard InChI is InChI=1S/C32H35Cl2FN4O4/c1-3-31(42,19-8-10-38(2)11-9-19)21-12-26-29(27(35)13-21)32(43-25-14-24(40)15-25,20-4-6-22(33)7-5-20)39(30(26)41)18-28-36-16-23(34)17-37-28/h4-7,12-13,16-17,19,24-25,40,42H,3,8-11,14-15,18H2,1-2H3/t24?,25?,31?,32-/m1/s1. The molecule has 1 aliphatic carbocycles.